The Kier molecular flexibility index (Phi) is 7.68. The third-order valence-corrected chi connectivity index (χ3v) is 4.65. The molecule has 0 fully saturated rings. The third kappa shape index (κ3) is 5.96. The zero-order chi connectivity index (χ0) is 19.6. The van der Waals surface area contributed by atoms with Crippen LogP contribution in [0.15, 0.2) is 59.0 Å². The zero-order valence-corrected chi connectivity index (χ0v) is 16.8. The molecule has 148 valence electrons. The van der Waals surface area contributed by atoms with Gasteiger partial charge >= 0.3 is 0 Å². The quantitative estimate of drug-likeness (QED) is 0.405. The lowest BCUT2D eigenvalue weighted by molar-refractivity contribution is 0.143. The molecule has 28 heavy (non-hydrogen) atoms. The van der Waals surface area contributed by atoms with Crippen LogP contribution in [0.3, 0.4) is 0 Å². The van der Waals surface area contributed by atoms with Crippen molar-refractivity contribution in [1.29, 1.82) is 0 Å². The molecule has 0 aliphatic rings. The first-order valence-corrected chi connectivity index (χ1v) is 10.1. The molecule has 0 atom stereocenters. The number of rotatable bonds is 11. The van der Waals surface area contributed by atoms with Gasteiger partial charge in [0.1, 0.15) is 11.5 Å². The summed E-state index contributed by atoms with van der Waals surface area (Å²) in [5, 5.41) is 0. The molecule has 0 aliphatic heterocycles. The monoisotopic (exact) mass is 379 g/mol. The van der Waals surface area contributed by atoms with E-state index in [9.17, 15) is 0 Å². The highest BCUT2D eigenvalue weighted by atomic mass is 16.5. The second-order valence-electron chi connectivity index (χ2n) is 6.78. The van der Waals surface area contributed by atoms with Gasteiger partial charge in [-0.15, -0.1) is 0 Å². The summed E-state index contributed by atoms with van der Waals surface area (Å²) in [5.41, 5.74) is 3.28. The van der Waals surface area contributed by atoms with Crippen molar-refractivity contribution < 1.29 is 13.9 Å². The first kappa shape index (κ1) is 20.2. The van der Waals surface area contributed by atoms with E-state index in [4.69, 9.17) is 13.9 Å². The molecule has 0 saturated heterocycles. The summed E-state index contributed by atoms with van der Waals surface area (Å²) < 4.78 is 17.1. The van der Waals surface area contributed by atoms with Crippen molar-refractivity contribution >= 4 is 0 Å². The number of aryl methyl sites for hydroxylation is 2. The van der Waals surface area contributed by atoms with Gasteiger partial charge in [-0.25, -0.2) is 4.98 Å². The van der Waals surface area contributed by atoms with Gasteiger partial charge in [-0.1, -0.05) is 30.3 Å². The van der Waals surface area contributed by atoms with Crippen molar-refractivity contribution in [3.8, 4) is 17.2 Å². The van der Waals surface area contributed by atoms with Crippen LogP contribution >= 0.6 is 0 Å². The van der Waals surface area contributed by atoms with Crippen LogP contribution < -0.4 is 4.74 Å². The van der Waals surface area contributed by atoms with E-state index >= 15 is 0 Å². The normalized spacial score (nSPS) is 10.9. The second-order valence-corrected chi connectivity index (χ2v) is 6.78. The molecular weight excluding hydrogens is 350 g/mol. The van der Waals surface area contributed by atoms with Gasteiger partial charge < -0.3 is 13.9 Å². The molecule has 3 rings (SSSR count). The van der Waals surface area contributed by atoms with E-state index < -0.39 is 0 Å². The van der Waals surface area contributed by atoms with Crippen LogP contribution in [0.25, 0.3) is 11.5 Å². The Morgan fingerprint density at radius 1 is 0.893 bits per heavy atom. The second kappa shape index (κ2) is 10.7. The number of ether oxygens (including phenoxy) is 2. The van der Waals surface area contributed by atoms with Crippen LogP contribution in [-0.4, -0.2) is 24.8 Å². The highest BCUT2D eigenvalue weighted by Crippen LogP contribution is 2.22. The van der Waals surface area contributed by atoms with Crippen LogP contribution in [0.5, 0.6) is 5.75 Å². The molecule has 0 radical (unpaired) electrons. The number of hydrogen-bond acceptors (Lipinski definition) is 4. The summed E-state index contributed by atoms with van der Waals surface area (Å²) in [6, 6.07) is 18.3. The molecule has 0 saturated carbocycles. The minimum atomic E-state index is 0.579. The Labute approximate surface area is 167 Å². The average molecular weight is 380 g/mol. The minimum absolute atomic E-state index is 0.579. The zero-order valence-electron chi connectivity index (χ0n) is 16.8. The van der Waals surface area contributed by atoms with Crippen molar-refractivity contribution in [2.24, 2.45) is 0 Å². The molecule has 0 bridgehead atoms. The van der Waals surface area contributed by atoms with E-state index in [0.29, 0.717) is 12.5 Å². The van der Waals surface area contributed by atoms with Gasteiger partial charge in [0.05, 0.1) is 12.3 Å². The van der Waals surface area contributed by atoms with Crippen LogP contribution in [0, 0.1) is 6.92 Å². The predicted octanol–water partition coefficient (Wildman–Crippen LogP) is 5.63. The first-order valence-electron chi connectivity index (χ1n) is 10.1. The summed E-state index contributed by atoms with van der Waals surface area (Å²) in [4.78, 5) is 4.62. The Morgan fingerprint density at radius 2 is 1.68 bits per heavy atom. The third-order valence-electron chi connectivity index (χ3n) is 4.65. The van der Waals surface area contributed by atoms with E-state index in [-0.39, 0.29) is 0 Å². The first-order chi connectivity index (χ1) is 13.8. The predicted molar refractivity (Wildman–Crippen MR) is 112 cm³/mol. The lowest BCUT2D eigenvalue weighted by atomic mass is 10.1. The van der Waals surface area contributed by atoms with Crippen molar-refractivity contribution in [2.75, 3.05) is 19.8 Å². The summed E-state index contributed by atoms with van der Waals surface area (Å²) >= 11 is 0. The van der Waals surface area contributed by atoms with Crippen molar-refractivity contribution in [1.82, 2.24) is 4.98 Å². The van der Waals surface area contributed by atoms with Gasteiger partial charge in [0.15, 0.2) is 0 Å². The molecule has 1 heterocycles. The van der Waals surface area contributed by atoms with Gasteiger partial charge in [0, 0.05) is 25.2 Å². The maximum Gasteiger partial charge on any atom is 0.226 e. The molecule has 4 nitrogen and oxygen atoms in total. The fraction of sp³-hybridized carbons (Fsp3) is 0.375. The number of unbranched alkanes of at least 4 members (excludes halogenated alkanes) is 1. The standard InChI is InChI=1S/C24H29NO3/c1-3-26-17-8-7-9-20-12-14-22(15-13-20)27-18-16-23-19(2)28-24(25-23)21-10-5-4-6-11-21/h4-6,10-15H,3,7-9,16-18H2,1-2H3. The lowest BCUT2D eigenvalue weighted by Crippen LogP contribution is -2.03. The van der Waals surface area contributed by atoms with E-state index in [1.54, 1.807) is 0 Å². The number of hydrogen-bond donors (Lipinski definition) is 0. The highest BCUT2D eigenvalue weighted by molar-refractivity contribution is 5.53. The van der Waals surface area contributed by atoms with Crippen molar-refractivity contribution in [3.05, 3.63) is 71.6 Å². The number of aromatic nitrogens is 1. The molecule has 1 aromatic heterocycles. The molecule has 3 aromatic rings. The van der Waals surface area contributed by atoms with E-state index in [0.717, 1.165) is 61.7 Å². The van der Waals surface area contributed by atoms with E-state index in [2.05, 4.69) is 17.1 Å². The van der Waals surface area contributed by atoms with E-state index in [1.165, 1.54) is 5.56 Å². The summed E-state index contributed by atoms with van der Waals surface area (Å²) in [6.45, 7) is 6.22. The topological polar surface area (TPSA) is 44.5 Å². The van der Waals surface area contributed by atoms with Gasteiger partial charge in [-0.2, -0.15) is 0 Å². The summed E-state index contributed by atoms with van der Waals surface area (Å²) in [6.07, 6.45) is 4.05. The molecule has 0 amide bonds. The minimum Gasteiger partial charge on any atom is -0.493 e. The Bertz CT molecular complexity index is 825. The Hall–Kier alpha value is -2.59. The smallest absolute Gasteiger partial charge is 0.226 e. The maximum atomic E-state index is 5.89. The van der Waals surface area contributed by atoms with Gasteiger partial charge in [0.2, 0.25) is 5.89 Å². The fourth-order valence-electron chi connectivity index (χ4n) is 3.06. The van der Waals surface area contributed by atoms with Crippen molar-refractivity contribution in [2.45, 2.75) is 39.5 Å². The Balaban J connectivity index is 1.44. The Morgan fingerprint density at radius 3 is 2.43 bits per heavy atom. The van der Waals surface area contributed by atoms with Crippen LogP contribution in [0.4, 0.5) is 0 Å². The van der Waals surface area contributed by atoms with Crippen LogP contribution in [-0.2, 0) is 17.6 Å². The number of nitrogens with zero attached hydrogens (tertiary/aromatic N) is 1. The van der Waals surface area contributed by atoms with Gasteiger partial charge in [0.25, 0.3) is 0 Å². The fourth-order valence-corrected chi connectivity index (χ4v) is 3.06. The van der Waals surface area contributed by atoms with Crippen LogP contribution in [0.1, 0.15) is 36.8 Å². The SMILES string of the molecule is CCOCCCCc1ccc(OCCc2nc(-c3ccccc3)oc2C)cc1. The average Bonchev–Trinajstić information content (AvgIpc) is 3.10. The summed E-state index contributed by atoms with van der Waals surface area (Å²) in [5.74, 6) is 2.41. The van der Waals surface area contributed by atoms with Gasteiger partial charge in [-0.3, -0.25) is 0 Å². The number of oxazole rings is 1. The van der Waals surface area contributed by atoms with E-state index in [1.807, 2.05) is 56.3 Å². The lowest BCUT2D eigenvalue weighted by Gasteiger charge is -2.07. The largest absolute Gasteiger partial charge is 0.493 e. The molecule has 0 spiro atoms. The maximum absolute atomic E-state index is 5.89. The molecule has 0 aliphatic carbocycles. The highest BCUT2D eigenvalue weighted by Gasteiger charge is 2.11. The molecule has 4 heteroatoms. The number of benzene rings is 2. The van der Waals surface area contributed by atoms with Crippen LogP contribution in [0.2, 0.25) is 0 Å². The molecule has 2 aromatic carbocycles. The summed E-state index contributed by atoms with van der Waals surface area (Å²) in [7, 11) is 0. The van der Waals surface area contributed by atoms with Crippen molar-refractivity contribution in [3.63, 3.8) is 0 Å². The molecule has 0 N–H and O–H groups in total. The van der Waals surface area contributed by atoms with Gasteiger partial charge in [-0.05, 0) is 62.9 Å². The molecular formula is C24H29NO3. The molecule has 0 unspecified atom stereocenters.